The highest BCUT2D eigenvalue weighted by molar-refractivity contribution is 7.09. The SMILES string of the molecule is CN(Cc1cccs1)C(=O)C1(C(=O)O)CCC1. The van der Waals surface area contributed by atoms with Crippen molar-refractivity contribution in [3.05, 3.63) is 22.4 Å². The van der Waals surface area contributed by atoms with E-state index >= 15 is 0 Å². The van der Waals surface area contributed by atoms with Gasteiger partial charge in [0.05, 0.1) is 6.54 Å². The third-order valence-corrected chi connectivity index (χ3v) is 4.21. The minimum atomic E-state index is -1.15. The summed E-state index contributed by atoms with van der Waals surface area (Å²) < 4.78 is 0. The zero-order valence-electron chi connectivity index (χ0n) is 9.68. The van der Waals surface area contributed by atoms with Crippen molar-refractivity contribution >= 4 is 23.2 Å². The van der Waals surface area contributed by atoms with Crippen LogP contribution < -0.4 is 0 Å². The van der Waals surface area contributed by atoms with E-state index in [1.165, 1.54) is 4.90 Å². The largest absolute Gasteiger partial charge is 0.480 e. The average Bonchev–Trinajstić information content (AvgIpc) is 2.67. The van der Waals surface area contributed by atoms with Gasteiger partial charge in [0.2, 0.25) is 5.91 Å². The molecule has 1 heterocycles. The molecule has 17 heavy (non-hydrogen) atoms. The first-order valence-electron chi connectivity index (χ1n) is 5.57. The lowest BCUT2D eigenvalue weighted by Crippen LogP contribution is -2.51. The van der Waals surface area contributed by atoms with Crippen LogP contribution in [0.2, 0.25) is 0 Å². The number of carboxylic acids is 1. The quantitative estimate of drug-likeness (QED) is 0.834. The monoisotopic (exact) mass is 253 g/mol. The molecule has 1 aromatic rings. The molecule has 1 aliphatic carbocycles. The average molecular weight is 253 g/mol. The van der Waals surface area contributed by atoms with Crippen molar-refractivity contribution in [2.24, 2.45) is 5.41 Å². The van der Waals surface area contributed by atoms with Gasteiger partial charge in [-0.3, -0.25) is 9.59 Å². The van der Waals surface area contributed by atoms with E-state index in [0.717, 1.165) is 11.3 Å². The van der Waals surface area contributed by atoms with Crippen molar-refractivity contribution in [3.63, 3.8) is 0 Å². The molecule has 1 aromatic heterocycles. The van der Waals surface area contributed by atoms with Gasteiger partial charge in [-0.15, -0.1) is 11.3 Å². The van der Waals surface area contributed by atoms with Gasteiger partial charge >= 0.3 is 5.97 Å². The van der Waals surface area contributed by atoms with E-state index in [1.807, 2.05) is 17.5 Å². The van der Waals surface area contributed by atoms with Crippen molar-refractivity contribution < 1.29 is 14.7 Å². The Hall–Kier alpha value is -1.36. The van der Waals surface area contributed by atoms with Crippen LogP contribution in [0, 0.1) is 5.41 Å². The van der Waals surface area contributed by atoms with Crippen LogP contribution >= 0.6 is 11.3 Å². The van der Waals surface area contributed by atoms with Crippen LogP contribution in [0.15, 0.2) is 17.5 Å². The van der Waals surface area contributed by atoms with Gasteiger partial charge in [-0.05, 0) is 24.3 Å². The fraction of sp³-hybridized carbons (Fsp3) is 0.500. The van der Waals surface area contributed by atoms with Crippen LogP contribution in [0.4, 0.5) is 0 Å². The molecule has 5 heteroatoms. The van der Waals surface area contributed by atoms with E-state index < -0.39 is 11.4 Å². The first kappa shape index (κ1) is 12.1. The smallest absolute Gasteiger partial charge is 0.319 e. The molecule has 2 rings (SSSR count). The van der Waals surface area contributed by atoms with E-state index in [1.54, 1.807) is 18.4 Å². The van der Waals surface area contributed by atoms with E-state index in [2.05, 4.69) is 0 Å². The normalized spacial score (nSPS) is 17.2. The molecule has 1 N–H and O–H groups in total. The van der Waals surface area contributed by atoms with Gasteiger partial charge < -0.3 is 10.0 Å². The molecule has 0 radical (unpaired) electrons. The number of hydrogen-bond acceptors (Lipinski definition) is 3. The highest BCUT2D eigenvalue weighted by atomic mass is 32.1. The van der Waals surface area contributed by atoms with Gasteiger partial charge in [0, 0.05) is 11.9 Å². The van der Waals surface area contributed by atoms with Crippen molar-refractivity contribution in [2.75, 3.05) is 7.05 Å². The minimum absolute atomic E-state index is 0.260. The fourth-order valence-electron chi connectivity index (χ4n) is 2.12. The summed E-state index contributed by atoms with van der Waals surface area (Å²) in [7, 11) is 1.67. The number of aliphatic carboxylic acids is 1. The Morgan fingerprint density at radius 3 is 2.65 bits per heavy atom. The first-order chi connectivity index (χ1) is 8.06. The molecule has 4 nitrogen and oxygen atoms in total. The van der Waals surface area contributed by atoms with Crippen LogP contribution in [0.25, 0.3) is 0 Å². The van der Waals surface area contributed by atoms with E-state index in [9.17, 15) is 14.7 Å². The molecule has 0 spiro atoms. The van der Waals surface area contributed by atoms with Crippen molar-refractivity contribution in [1.29, 1.82) is 0 Å². The van der Waals surface area contributed by atoms with Crippen molar-refractivity contribution in [2.45, 2.75) is 25.8 Å². The number of carboxylic acid groups (broad SMARTS) is 1. The molecule has 0 atom stereocenters. The summed E-state index contributed by atoms with van der Waals surface area (Å²) in [5.74, 6) is -1.24. The summed E-state index contributed by atoms with van der Waals surface area (Å²) in [6.45, 7) is 0.492. The van der Waals surface area contributed by atoms with Gasteiger partial charge in [-0.2, -0.15) is 0 Å². The molecule has 1 aliphatic rings. The molecule has 1 fully saturated rings. The van der Waals surface area contributed by atoms with Gasteiger partial charge in [0.25, 0.3) is 0 Å². The van der Waals surface area contributed by atoms with Crippen LogP contribution in [0.3, 0.4) is 0 Å². The number of rotatable bonds is 4. The minimum Gasteiger partial charge on any atom is -0.480 e. The summed E-state index contributed by atoms with van der Waals surface area (Å²) in [5.41, 5.74) is -1.15. The highest BCUT2D eigenvalue weighted by Gasteiger charge is 2.52. The van der Waals surface area contributed by atoms with Crippen molar-refractivity contribution in [3.8, 4) is 0 Å². The second kappa shape index (κ2) is 4.49. The third kappa shape index (κ3) is 2.07. The Labute approximate surface area is 104 Å². The Kier molecular flexibility index (Phi) is 3.19. The standard InChI is InChI=1S/C12H15NO3S/c1-13(8-9-4-2-7-17-9)10(14)12(11(15)16)5-3-6-12/h2,4,7H,3,5-6,8H2,1H3,(H,15,16). The Morgan fingerprint density at radius 1 is 1.53 bits per heavy atom. The second-order valence-corrected chi connectivity index (χ2v) is 5.51. The first-order valence-corrected chi connectivity index (χ1v) is 6.45. The summed E-state index contributed by atoms with van der Waals surface area (Å²) >= 11 is 1.57. The third-order valence-electron chi connectivity index (χ3n) is 3.35. The molecular weight excluding hydrogens is 238 g/mol. The Morgan fingerprint density at radius 2 is 2.24 bits per heavy atom. The molecule has 0 saturated heterocycles. The predicted octanol–water partition coefficient (Wildman–Crippen LogP) is 1.96. The van der Waals surface area contributed by atoms with E-state index in [4.69, 9.17) is 0 Å². The van der Waals surface area contributed by atoms with Crippen LogP contribution in [-0.2, 0) is 16.1 Å². The summed E-state index contributed by atoms with van der Waals surface area (Å²) in [4.78, 5) is 26.0. The maximum absolute atomic E-state index is 12.2. The molecule has 0 bridgehead atoms. The lowest BCUT2D eigenvalue weighted by atomic mass is 9.68. The van der Waals surface area contributed by atoms with Gasteiger partial charge in [0.15, 0.2) is 0 Å². The second-order valence-electron chi connectivity index (χ2n) is 4.48. The van der Waals surface area contributed by atoms with Gasteiger partial charge in [-0.25, -0.2) is 0 Å². The van der Waals surface area contributed by atoms with Crippen LogP contribution in [0.1, 0.15) is 24.1 Å². The van der Waals surface area contributed by atoms with Gasteiger partial charge in [0.1, 0.15) is 5.41 Å². The predicted molar refractivity (Wildman–Crippen MR) is 64.7 cm³/mol. The lowest BCUT2D eigenvalue weighted by molar-refractivity contribution is -0.167. The molecule has 1 saturated carbocycles. The van der Waals surface area contributed by atoms with Crippen LogP contribution in [-0.4, -0.2) is 28.9 Å². The number of carbonyl (C=O) groups excluding carboxylic acids is 1. The molecule has 1 amide bonds. The van der Waals surface area contributed by atoms with Gasteiger partial charge in [-0.1, -0.05) is 12.5 Å². The fourth-order valence-corrected chi connectivity index (χ4v) is 2.88. The number of carbonyl (C=O) groups is 2. The Bertz CT molecular complexity index is 423. The zero-order valence-corrected chi connectivity index (χ0v) is 10.5. The maximum atomic E-state index is 12.2. The van der Waals surface area contributed by atoms with E-state index in [0.29, 0.717) is 19.4 Å². The summed E-state index contributed by atoms with van der Waals surface area (Å²) in [5, 5.41) is 11.1. The number of nitrogens with zero attached hydrogens (tertiary/aromatic N) is 1. The van der Waals surface area contributed by atoms with E-state index in [-0.39, 0.29) is 5.91 Å². The maximum Gasteiger partial charge on any atom is 0.319 e. The zero-order chi connectivity index (χ0) is 12.5. The summed E-state index contributed by atoms with van der Waals surface area (Å²) in [6.07, 6.45) is 1.76. The summed E-state index contributed by atoms with van der Waals surface area (Å²) in [6, 6.07) is 3.87. The topological polar surface area (TPSA) is 57.6 Å². The molecule has 0 aromatic carbocycles. The number of hydrogen-bond donors (Lipinski definition) is 1. The molecule has 0 aliphatic heterocycles. The highest BCUT2D eigenvalue weighted by Crippen LogP contribution is 2.42. The lowest BCUT2D eigenvalue weighted by Gasteiger charge is -2.38. The molecular formula is C12H15NO3S. The number of amides is 1. The van der Waals surface area contributed by atoms with Crippen molar-refractivity contribution in [1.82, 2.24) is 4.90 Å². The Balaban J connectivity index is 2.06. The molecule has 0 unspecified atom stereocenters. The molecule has 92 valence electrons. The number of thiophene rings is 1. The van der Waals surface area contributed by atoms with Crippen LogP contribution in [0.5, 0.6) is 0 Å².